The van der Waals surface area contributed by atoms with Crippen LogP contribution in [0.1, 0.15) is 163 Å². The van der Waals surface area contributed by atoms with E-state index in [1.165, 1.54) is 44.5 Å². The van der Waals surface area contributed by atoms with E-state index in [1.807, 2.05) is 48.5 Å². The number of hydrogen-bond acceptors (Lipinski definition) is 6. The van der Waals surface area contributed by atoms with Gasteiger partial charge in [-0.25, -0.2) is 9.59 Å². The normalized spacial score (nSPS) is 18.5. The number of ether oxygens (including phenoxy) is 2. The smallest absolute Gasteiger partial charge is 0.411 e. The van der Waals surface area contributed by atoms with Crippen LogP contribution in [0.5, 0.6) is 0 Å². The highest BCUT2D eigenvalue weighted by molar-refractivity contribution is 5.85. The van der Waals surface area contributed by atoms with Gasteiger partial charge in [0.25, 0.3) is 0 Å². The number of amides is 2. The lowest BCUT2D eigenvalue weighted by Gasteiger charge is -2.27. The quantitative estimate of drug-likeness (QED) is 0.0975. The number of carbonyl (C=O) groups excluding carboxylic acids is 2. The summed E-state index contributed by atoms with van der Waals surface area (Å²) in [5, 5.41) is 13.3. The van der Waals surface area contributed by atoms with Gasteiger partial charge in [0.1, 0.15) is 12.2 Å². The molecule has 384 valence electrons. The zero-order valence-electron chi connectivity index (χ0n) is 45.5. The standard InChI is InChI=1S/C65H80N4O4/c1-62(2,3)48-25-17-44(18-26-48)58(45-19-27-49(28-20-45)63(4,5)6)56-38-54(40-66-56)72-60(70)68-52-33-13-42(14-34-52)37-43-15-35-53(36-16-43)69-61(71)73-55-39-57(67-41-55)59(46-21-29-50(30-22-46)64(7,8)9)47-23-31-51(32-24-47)65(10,11)12/h13-36,54-59,66-67H,37-41H2,1-12H3,(H,68,70)(H,69,71). The zero-order chi connectivity index (χ0) is 52.3. The zero-order valence-corrected chi connectivity index (χ0v) is 45.5. The second kappa shape index (κ2) is 21.7. The minimum absolute atomic E-state index is 0.0682. The molecule has 4 atom stereocenters. The van der Waals surface area contributed by atoms with Gasteiger partial charge in [-0.3, -0.25) is 10.6 Å². The second-order valence-electron chi connectivity index (χ2n) is 24.8. The Hall–Kier alpha value is -6.22. The van der Waals surface area contributed by atoms with Gasteiger partial charge in [0.15, 0.2) is 0 Å². The van der Waals surface area contributed by atoms with Gasteiger partial charge in [0.05, 0.1) is 0 Å². The first-order chi connectivity index (χ1) is 34.5. The van der Waals surface area contributed by atoms with Gasteiger partial charge in [-0.15, -0.1) is 0 Å². The van der Waals surface area contributed by atoms with Crippen molar-refractivity contribution in [3.63, 3.8) is 0 Å². The monoisotopic (exact) mass is 981 g/mol. The van der Waals surface area contributed by atoms with Gasteiger partial charge in [-0.05, 0) is 108 Å². The number of benzene rings is 6. The predicted octanol–water partition coefficient (Wildman–Crippen LogP) is 14.7. The van der Waals surface area contributed by atoms with Gasteiger partial charge in [0.2, 0.25) is 0 Å². The Kier molecular flexibility index (Phi) is 15.8. The Bertz CT molecular complexity index is 2460. The maximum absolute atomic E-state index is 13.2. The molecule has 0 aliphatic carbocycles. The minimum atomic E-state index is -0.459. The highest BCUT2D eigenvalue weighted by atomic mass is 16.6. The van der Waals surface area contributed by atoms with E-state index in [-0.39, 0.29) is 57.8 Å². The molecule has 0 bridgehead atoms. The molecule has 6 aromatic carbocycles. The van der Waals surface area contributed by atoms with Crippen LogP contribution < -0.4 is 21.3 Å². The fourth-order valence-corrected chi connectivity index (χ4v) is 10.5. The number of hydrogen-bond donors (Lipinski definition) is 4. The third-order valence-electron chi connectivity index (χ3n) is 15.0. The maximum Gasteiger partial charge on any atom is 0.411 e. The van der Waals surface area contributed by atoms with Crippen molar-refractivity contribution >= 4 is 23.6 Å². The average molecular weight is 981 g/mol. The molecule has 2 fully saturated rings. The number of anilines is 2. The fourth-order valence-electron chi connectivity index (χ4n) is 10.5. The first-order valence-corrected chi connectivity index (χ1v) is 26.5. The van der Waals surface area contributed by atoms with Crippen molar-refractivity contribution in [3.05, 3.63) is 201 Å². The topological polar surface area (TPSA) is 101 Å². The van der Waals surface area contributed by atoms with E-state index in [4.69, 9.17) is 9.47 Å². The minimum Gasteiger partial charge on any atom is -0.445 e. The molecule has 2 aliphatic heterocycles. The third-order valence-corrected chi connectivity index (χ3v) is 15.0. The molecule has 4 N–H and O–H groups in total. The average Bonchev–Trinajstić information content (AvgIpc) is 3.99. The Morgan fingerprint density at radius 1 is 0.425 bits per heavy atom. The van der Waals surface area contributed by atoms with E-state index in [0.717, 1.165) is 11.1 Å². The Labute approximate surface area is 436 Å². The van der Waals surface area contributed by atoms with E-state index in [9.17, 15) is 9.59 Å². The van der Waals surface area contributed by atoms with Gasteiger partial charge in [0, 0.05) is 61.2 Å². The molecule has 0 saturated carbocycles. The fraction of sp³-hybridized carbons (Fsp3) is 0.415. The lowest BCUT2D eigenvalue weighted by Crippen LogP contribution is -2.30. The van der Waals surface area contributed by atoms with E-state index < -0.39 is 12.2 Å². The number of rotatable bonds is 12. The van der Waals surface area contributed by atoms with Crippen molar-refractivity contribution in [1.82, 2.24) is 10.6 Å². The third kappa shape index (κ3) is 13.7. The van der Waals surface area contributed by atoms with E-state index >= 15 is 0 Å². The Morgan fingerprint density at radius 3 is 0.932 bits per heavy atom. The van der Waals surface area contributed by atoms with Crippen LogP contribution in [-0.2, 0) is 37.6 Å². The van der Waals surface area contributed by atoms with Crippen molar-refractivity contribution in [2.75, 3.05) is 23.7 Å². The van der Waals surface area contributed by atoms with Gasteiger partial charge < -0.3 is 20.1 Å². The van der Waals surface area contributed by atoms with Crippen molar-refractivity contribution in [2.45, 2.75) is 160 Å². The van der Waals surface area contributed by atoms with Crippen molar-refractivity contribution in [1.29, 1.82) is 0 Å². The summed E-state index contributed by atoms with van der Waals surface area (Å²) >= 11 is 0. The van der Waals surface area contributed by atoms with Crippen LogP contribution in [0.3, 0.4) is 0 Å². The highest BCUT2D eigenvalue weighted by Crippen LogP contribution is 2.38. The summed E-state index contributed by atoms with van der Waals surface area (Å²) in [6.07, 6.45) is 0.661. The Balaban J connectivity index is 0.818. The molecule has 8 heteroatoms. The largest absolute Gasteiger partial charge is 0.445 e. The second-order valence-corrected chi connectivity index (χ2v) is 24.8. The molecule has 2 heterocycles. The highest BCUT2D eigenvalue weighted by Gasteiger charge is 2.36. The summed E-state index contributed by atoms with van der Waals surface area (Å²) in [6, 6.07) is 52.0. The van der Waals surface area contributed by atoms with Crippen LogP contribution >= 0.6 is 0 Å². The number of carbonyl (C=O) groups is 2. The molecule has 73 heavy (non-hydrogen) atoms. The molecule has 8 rings (SSSR count). The van der Waals surface area contributed by atoms with Crippen LogP contribution in [0, 0.1) is 0 Å². The van der Waals surface area contributed by atoms with Crippen molar-refractivity contribution < 1.29 is 19.1 Å². The number of nitrogens with one attached hydrogen (secondary N) is 4. The summed E-state index contributed by atoms with van der Waals surface area (Å²) in [5.41, 5.74) is 14.0. The molecule has 2 aliphatic rings. The van der Waals surface area contributed by atoms with Gasteiger partial charge >= 0.3 is 12.2 Å². The molecular formula is C65H80N4O4. The summed E-state index contributed by atoms with van der Waals surface area (Å²) in [6.45, 7) is 28.1. The SMILES string of the molecule is CC(C)(C)c1ccc(C(c2ccc(C(C)(C)C)cc2)C2CC(OC(=O)Nc3ccc(Cc4ccc(NC(=O)OC5CNC(C(c6ccc(C(C)(C)C)cc6)c6ccc(C(C)(C)C)cc6)C5)cc4)cc3)CN2)cc1. The molecule has 6 aromatic rings. The summed E-state index contributed by atoms with van der Waals surface area (Å²) in [5.74, 6) is 0.213. The predicted molar refractivity (Wildman–Crippen MR) is 301 cm³/mol. The lowest BCUT2D eigenvalue weighted by molar-refractivity contribution is 0.118. The lowest BCUT2D eigenvalue weighted by atomic mass is 9.80. The van der Waals surface area contributed by atoms with Crippen LogP contribution in [-0.4, -0.2) is 49.6 Å². The van der Waals surface area contributed by atoms with E-state index in [2.05, 4.69) is 201 Å². The summed E-state index contributed by atoms with van der Waals surface area (Å²) in [4.78, 5) is 26.5. The molecular weight excluding hydrogens is 901 g/mol. The Morgan fingerprint density at radius 2 is 0.685 bits per heavy atom. The first kappa shape index (κ1) is 53.1. The van der Waals surface area contributed by atoms with E-state index in [0.29, 0.717) is 43.7 Å². The summed E-state index contributed by atoms with van der Waals surface area (Å²) < 4.78 is 12.0. The molecule has 2 saturated heterocycles. The summed E-state index contributed by atoms with van der Waals surface area (Å²) in [7, 11) is 0. The van der Waals surface area contributed by atoms with Crippen molar-refractivity contribution in [3.8, 4) is 0 Å². The molecule has 2 amide bonds. The molecule has 0 spiro atoms. The van der Waals surface area contributed by atoms with Crippen LogP contribution in [0.25, 0.3) is 0 Å². The molecule has 4 unspecified atom stereocenters. The van der Waals surface area contributed by atoms with Crippen LogP contribution in [0.15, 0.2) is 146 Å². The molecule has 8 nitrogen and oxygen atoms in total. The molecule has 0 radical (unpaired) electrons. The van der Waals surface area contributed by atoms with Crippen LogP contribution in [0.4, 0.5) is 21.0 Å². The van der Waals surface area contributed by atoms with E-state index in [1.54, 1.807) is 0 Å². The first-order valence-electron chi connectivity index (χ1n) is 26.5. The van der Waals surface area contributed by atoms with Gasteiger partial charge in [-0.1, -0.05) is 204 Å². The van der Waals surface area contributed by atoms with Crippen LogP contribution in [0.2, 0.25) is 0 Å². The molecule has 0 aromatic heterocycles. The van der Waals surface area contributed by atoms with Crippen molar-refractivity contribution in [2.24, 2.45) is 0 Å². The maximum atomic E-state index is 13.2. The van der Waals surface area contributed by atoms with Gasteiger partial charge in [-0.2, -0.15) is 0 Å².